The van der Waals surface area contributed by atoms with Crippen LogP contribution < -0.4 is 0 Å². The zero-order valence-electron chi connectivity index (χ0n) is 54.3. The maximum Gasteiger partial charge on any atom is 0.164 e. The van der Waals surface area contributed by atoms with Crippen LogP contribution in [0.4, 0.5) is 0 Å². The van der Waals surface area contributed by atoms with Gasteiger partial charge in [0, 0.05) is 95.4 Å². The van der Waals surface area contributed by atoms with Crippen LogP contribution >= 0.6 is 91.0 Å². The molecular weight excluding hydrogens is 1600 g/mol. The van der Waals surface area contributed by atoms with Gasteiger partial charge >= 0.3 is 0 Å². The van der Waals surface area contributed by atoms with Crippen molar-refractivity contribution in [3.05, 3.63) is 374 Å². The molecule has 5 aromatic heterocycles. The highest BCUT2D eigenvalue weighted by molar-refractivity contribution is 9.11. The van der Waals surface area contributed by atoms with Gasteiger partial charge in [-0.15, -0.1) is 11.3 Å². The number of hydrogen-bond donors (Lipinski definition) is 0. The molecule has 0 radical (unpaired) electrons. The third-order valence-electron chi connectivity index (χ3n) is 15.7. The third kappa shape index (κ3) is 18.5. The van der Waals surface area contributed by atoms with Crippen molar-refractivity contribution in [2.75, 3.05) is 0 Å². The summed E-state index contributed by atoms with van der Waals surface area (Å²) in [5.74, 6) is 4.21. The first kappa shape index (κ1) is 70.0. The van der Waals surface area contributed by atoms with Crippen molar-refractivity contribution in [2.45, 2.75) is 0 Å². The minimum atomic E-state index is 0.667. The number of benzene rings is 12. The molecule has 0 aliphatic carbocycles. The Hall–Kier alpha value is -10.5. The SMILES string of the molecule is Brc1cc(-c2ccccc2)nc(-c2ccccc2)n1.Brc1ccc(-c2nc(-c3ccccc3)cc(-c3ccccc3)n2)cc1.Brc1ccc(-c2nc(-c3ccccc3)nc(-c3ccccc3)n2)cc1.Brc1ccc2sc3ccccc3c2c1.Brc1cnc(-c2ccccc2)nc1-c1ccccc1. The van der Waals surface area contributed by atoms with E-state index in [2.05, 4.69) is 171 Å². The lowest BCUT2D eigenvalue weighted by molar-refractivity contribution is 1.07. The maximum atomic E-state index is 4.80. The number of aromatic nitrogens is 9. The molecule has 15 heteroatoms. The molecule has 0 spiro atoms. The van der Waals surface area contributed by atoms with E-state index in [0.29, 0.717) is 17.5 Å². The fourth-order valence-corrected chi connectivity index (χ4v) is 13.5. The van der Waals surface area contributed by atoms with E-state index in [4.69, 9.17) is 19.9 Å². The Morgan fingerprint density at radius 3 is 0.951 bits per heavy atom. The topological polar surface area (TPSA) is 116 Å². The highest BCUT2D eigenvalue weighted by Crippen LogP contribution is 2.36. The molecule has 0 bridgehead atoms. The van der Waals surface area contributed by atoms with Gasteiger partial charge in [-0.2, -0.15) is 0 Å². The molecule has 0 saturated heterocycles. The van der Waals surface area contributed by atoms with Crippen molar-refractivity contribution < 1.29 is 0 Å². The molecule has 102 heavy (non-hydrogen) atoms. The minimum Gasteiger partial charge on any atom is -0.235 e. The van der Waals surface area contributed by atoms with Crippen LogP contribution in [0.15, 0.2) is 374 Å². The van der Waals surface area contributed by atoms with Gasteiger partial charge in [0.15, 0.2) is 34.9 Å². The van der Waals surface area contributed by atoms with Gasteiger partial charge in [-0.05, 0) is 92.5 Å². The van der Waals surface area contributed by atoms with Gasteiger partial charge in [-0.25, -0.2) is 44.9 Å². The van der Waals surface area contributed by atoms with Crippen molar-refractivity contribution in [2.24, 2.45) is 0 Å². The van der Waals surface area contributed by atoms with Crippen LogP contribution in [0.3, 0.4) is 0 Å². The van der Waals surface area contributed by atoms with Crippen LogP contribution in [0, 0.1) is 0 Å². The van der Waals surface area contributed by atoms with Gasteiger partial charge < -0.3 is 0 Å². The van der Waals surface area contributed by atoms with Crippen molar-refractivity contribution in [3.8, 4) is 113 Å². The summed E-state index contributed by atoms with van der Waals surface area (Å²) in [7, 11) is 0. The smallest absolute Gasteiger partial charge is 0.164 e. The average Bonchev–Trinajstić information content (AvgIpc) is 1.39. The van der Waals surface area contributed by atoms with E-state index in [0.717, 1.165) is 118 Å². The first-order valence-electron chi connectivity index (χ1n) is 32.3. The Labute approximate surface area is 638 Å². The molecule has 5 heterocycles. The monoisotopic (exact) mass is 1660 g/mol. The summed E-state index contributed by atoms with van der Waals surface area (Å²) in [6.45, 7) is 0. The fourth-order valence-electron chi connectivity index (χ4n) is 10.7. The van der Waals surface area contributed by atoms with E-state index >= 15 is 0 Å². The van der Waals surface area contributed by atoms with Crippen LogP contribution in [0.25, 0.3) is 134 Å². The molecular formula is C87H58Br5N9S. The second-order valence-corrected chi connectivity index (χ2v) is 28.2. The molecule has 0 amide bonds. The predicted octanol–water partition coefficient (Wildman–Crippen LogP) is 25.8. The Balaban J connectivity index is 0.000000115. The van der Waals surface area contributed by atoms with Gasteiger partial charge in [-0.3, -0.25) is 0 Å². The lowest BCUT2D eigenvalue weighted by Gasteiger charge is -2.09. The van der Waals surface area contributed by atoms with E-state index in [1.165, 1.54) is 20.2 Å². The number of thiophene rings is 1. The molecule has 0 N–H and O–H groups in total. The van der Waals surface area contributed by atoms with Crippen LogP contribution in [0.5, 0.6) is 0 Å². The Bertz CT molecular complexity index is 5210. The summed E-state index contributed by atoms with van der Waals surface area (Å²) in [4.78, 5) is 41.8. The van der Waals surface area contributed by atoms with Crippen molar-refractivity contribution in [1.29, 1.82) is 0 Å². The summed E-state index contributed by atoms with van der Waals surface area (Å²) >= 11 is 19.3. The zero-order chi connectivity index (χ0) is 69.8. The van der Waals surface area contributed by atoms with Crippen molar-refractivity contribution in [1.82, 2.24) is 44.9 Å². The van der Waals surface area contributed by atoms with Crippen LogP contribution in [0.1, 0.15) is 0 Å². The quantitative estimate of drug-likeness (QED) is 0.123. The average molecular weight is 1660 g/mol. The Kier molecular flexibility index (Phi) is 23.8. The normalized spacial score (nSPS) is 10.6. The second kappa shape index (κ2) is 34.7. The maximum absolute atomic E-state index is 4.80. The lowest BCUT2D eigenvalue weighted by Crippen LogP contribution is -1.99. The molecule has 17 aromatic rings. The summed E-state index contributed by atoms with van der Waals surface area (Å²) in [6, 6.07) is 116. The Morgan fingerprint density at radius 2 is 0.529 bits per heavy atom. The van der Waals surface area contributed by atoms with Crippen LogP contribution in [-0.2, 0) is 0 Å². The minimum absolute atomic E-state index is 0.667. The second-order valence-electron chi connectivity index (χ2n) is 22.7. The standard InChI is InChI=1S/C22H15BrN2.C21H14BrN3.2C16H11BrN2.C12H7BrS/c23-19-13-11-18(12-14-19)22-24-20(16-7-3-1-4-8-16)15-21(25-22)17-9-5-2-6-10-17;22-18-13-11-17(12-14-18)21-24-19(15-7-3-1-4-8-15)23-20(25-21)16-9-5-2-6-10-16;17-14-11-18-16(13-9-5-2-6-10-13)19-15(14)12-7-3-1-4-8-12;17-15-11-14(12-7-3-1-4-8-12)18-16(19-15)13-9-5-2-6-10-13;13-8-5-6-12-10(7-8)9-3-1-2-4-11(9)14-12/h1-15H;1-14H;2*1-11H;1-7H. The molecule has 0 fully saturated rings. The van der Waals surface area contributed by atoms with Crippen molar-refractivity contribution >= 4 is 111 Å². The molecule has 0 saturated carbocycles. The van der Waals surface area contributed by atoms with Crippen molar-refractivity contribution in [3.63, 3.8) is 0 Å². The predicted molar refractivity (Wildman–Crippen MR) is 438 cm³/mol. The first-order chi connectivity index (χ1) is 50.1. The number of nitrogens with zero attached hydrogens (tertiary/aromatic N) is 9. The van der Waals surface area contributed by atoms with Crippen LogP contribution in [0.2, 0.25) is 0 Å². The number of rotatable bonds is 10. The summed E-state index contributed by atoms with van der Waals surface area (Å²) < 4.78 is 7.62. The molecule has 0 unspecified atom stereocenters. The summed E-state index contributed by atoms with van der Waals surface area (Å²) in [5, 5.41) is 2.70. The highest BCUT2D eigenvalue weighted by Gasteiger charge is 2.15. The van der Waals surface area contributed by atoms with Gasteiger partial charge in [0.1, 0.15) is 4.60 Å². The van der Waals surface area contributed by atoms with E-state index in [-0.39, 0.29) is 0 Å². The Morgan fingerprint density at radius 1 is 0.216 bits per heavy atom. The fraction of sp³-hybridized carbons (Fsp3) is 0. The van der Waals surface area contributed by atoms with Gasteiger partial charge in [-0.1, -0.05) is 333 Å². The number of halogens is 5. The van der Waals surface area contributed by atoms with E-state index in [1.54, 1.807) is 6.20 Å². The van der Waals surface area contributed by atoms with E-state index < -0.39 is 0 Å². The van der Waals surface area contributed by atoms with Crippen LogP contribution in [-0.4, -0.2) is 44.9 Å². The largest absolute Gasteiger partial charge is 0.235 e. The van der Waals surface area contributed by atoms with Gasteiger partial charge in [0.05, 0.1) is 27.2 Å². The lowest BCUT2D eigenvalue weighted by atomic mass is 10.1. The molecule has 12 aromatic carbocycles. The van der Waals surface area contributed by atoms with Gasteiger partial charge in [0.25, 0.3) is 0 Å². The summed E-state index contributed by atoms with van der Waals surface area (Å²) in [6.07, 6.45) is 1.80. The molecule has 0 aliphatic heterocycles. The zero-order valence-corrected chi connectivity index (χ0v) is 63.1. The molecule has 17 rings (SSSR count). The number of fused-ring (bicyclic) bond motifs is 3. The summed E-state index contributed by atoms with van der Waals surface area (Å²) in [5.41, 5.74) is 13.9. The van der Waals surface area contributed by atoms with E-state index in [1.807, 2.05) is 290 Å². The third-order valence-corrected chi connectivity index (χ3v) is 19.4. The molecule has 492 valence electrons. The van der Waals surface area contributed by atoms with Gasteiger partial charge in [0.2, 0.25) is 0 Å². The first-order valence-corrected chi connectivity index (χ1v) is 37.1. The number of hydrogen-bond acceptors (Lipinski definition) is 10. The molecule has 0 aliphatic rings. The van der Waals surface area contributed by atoms with E-state index in [9.17, 15) is 0 Å². The highest BCUT2D eigenvalue weighted by atomic mass is 79.9. The molecule has 0 atom stereocenters. The molecule has 9 nitrogen and oxygen atoms in total.